The summed E-state index contributed by atoms with van der Waals surface area (Å²) in [6.07, 6.45) is 6.93. The molecule has 0 radical (unpaired) electrons. The third kappa shape index (κ3) is 4.19. The molecule has 1 aliphatic rings. The van der Waals surface area contributed by atoms with Gasteiger partial charge in [0.25, 0.3) is 17.2 Å². The van der Waals surface area contributed by atoms with E-state index in [2.05, 4.69) is 42.8 Å². The van der Waals surface area contributed by atoms with Gasteiger partial charge in [-0.2, -0.15) is 10.1 Å². The van der Waals surface area contributed by atoms with Crippen LogP contribution in [-0.4, -0.2) is 46.7 Å². The second-order valence-corrected chi connectivity index (χ2v) is 8.82. The van der Waals surface area contributed by atoms with Gasteiger partial charge >= 0.3 is 0 Å². The summed E-state index contributed by atoms with van der Waals surface area (Å²) in [7, 11) is 1.78. The Balaban J connectivity index is 1.43. The predicted molar refractivity (Wildman–Crippen MR) is 143 cm³/mol. The van der Waals surface area contributed by atoms with Gasteiger partial charge in [-0.3, -0.25) is 18.8 Å². The lowest BCUT2D eigenvalue weighted by Gasteiger charge is -2.19. The number of para-hydroxylation sites is 1. The number of benzene rings is 1. The van der Waals surface area contributed by atoms with Crippen LogP contribution in [-0.2, 0) is 7.05 Å². The van der Waals surface area contributed by atoms with E-state index in [1.165, 1.54) is 9.25 Å². The maximum Gasteiger partial charge on any atom is 0.272 e. The molecule has 0 aliphatic carbocycles. The second-order valence-electron chi connectivity index (χ2n) is 8.82. The van der Waals surface area contributed by atoms with Crippen molar-refractivity contribution >= 4 is 34.8 Å². The molecule has 1 aliphatic heterocycles. The van der Waals surface area contributed by atoms with Gasteiger partial charge in [-0.15, -0.1) is 5.10 Å². The molecular weight excluding hydrogens is 500 g/mol. The van der Waals surface area contributed by atoms with E-state index in [4.69, 9.17) is 10.3 Å². The summed E-state index contributed by atoms with van der Waals surface area (Å²) in [5, 5.41) is 18.4. The number of nitrogens with two attached hydrogens (primary N) is 1. The van der Waals surface area contributed by atoms with Crippen LogP contribution < -0.4 is 21.9 Å². The average molecular weight is 523 g/mol. The quantitative estimate of drug-likeness (QED) is 0.298. The van der Waals surface area contributed by atoms with Crippen LogP contribution in [0.1, 0.15) is 40.4 Å². The van der Waals surface area contributed by atoms with Crippen LogP contribution >= 0.6 is 0 Å². The van der Waals surface area contributed by atoms with Gasteiger partial charge in [-0.1, -0.05) is 29.3 Å². The minimum Gasteiger partial charge on any atom is -0.381 e. The molecular formula is C26H22N10O3. The highest BCUT2D eigenvalue weighted by Gasteiger charge is 2.27. The van der Waals surface area contributed by atoms with E-state index in [9.17, 15) is 9.59 Å². The summed E-state index contributed by atoms with van der Waals surface area (Å²) in [5.41, 5.74) is 7.18. The van der Waals surface area contributed by atoms with E-state index in [0.717, 1.165) is 0 Å². The molecule has 0 saturated carbocycles. The van der Waals surface area contributed by atoms with Gasteiger partial charge in [0, 0.05) is 26.0 Å². The number of nitrogen functional groups attached to an aromatic ring is 1. The van der Waals surface area contributed by atoms with Gasteiger partial charge in [0.05, 0.1) is 23.5 Å². The number of aromatic nitrogens is 7. The molecule has 4 N–H and O–H groups in total. The molecule has 13 heteroatoms. The Morgan fingerprint density at radius 3 is 2.85 bits per heavy atom. The lowest BCUT2D eigenvalue weighted by atomic mass is 10.2. The average Bonchev–Trinajstić information content (AvgIpc) is 3.63. The van der Waals surface area contributed by atoms with Crippen LogP contribution in [0.15, 0.2) is 58.1 Å². The fourth-order valence-electron chi connectivity index (χ4n) is 4.33. The normalized spacial score (nSPS) is 12.9. The number of hydrogen-bond acceptors (Lipinski definition) is 9. The highest BCUT2D eigenvalue weighted by molar-refractivity contribution is 6.04. The Morgan fingerprint density at radius 2 is 2.08 bits per heavy atom. The van der Waals surface area contributed by atoms with Crippen LogP contribution in [0.3, 0.4) is 0 Å². The van der Waals surface area contributed by atoms with E-state index in [-0.39, 0.29) is 34.0 Å². The number of nitrogens with zero attached hydrogens (tertiary/aromatic N) is 7. The number of aryl methyl sites for hydroxylation is 1. The SMILES string of the molecule is CC(NC(=O)c1c(N)nn2c1NCC=C2)c1nc2onc(C#Cc3cnn(C)c3)c2c(=O)n1-c1ccccc1. The zero-order chi connectivity index (χ0) is 27.1. The molecule has 1 atom stereocenters. The maximum absolute atomic E-state index is 13.9. The molecule has 194 valence electrons. The van der Waals surface area contributed by atoms with Crippen molar-refractivity contribution in [1.82, 2.24) is 39.6 Å². The van der Waals surface area contributed by atoms with Crippen molar-refractivity contribution in [1.29, 1.82) is 0 Å². The lowest BCUT2D eigenvalue weighted by Crippen LogP contribution is -2.33. The van der Waals surface area contributed by atoms with E-state index in [0.29, 0.717) is 23.6 Å². The number of carbonyl (C=O) groups excluding carboxylic acids is 1. The van der Waals surface area contributed by atoms with Crippen molar-refractivity contribution in [2.45, 2.75) is 13.0 Å². The number of rotatable bonds is 4. The molecule has 5 heterocycles. The van der Waals surface area contributed by atoms with E-state index in [1.807, 2.05) is 12.1 Å². The Kier molecular flexibility index (Phi) is 5.69. The van der Waals surface area contributed by atoms with Gasteiger partial charge < -0.3 is 20.9 Å². The molecule has 4 aromatic heterocycles. The number of nitrogens with one attached hydrogen (secondary N) is 2. The van der Waals surface area contributed by atoms with Crippen molar-refractivity contribution in [2.75, 3.05) is 17.6 Å². The van der Waals surface area contributed by atoms with Crippen LogP contribution in [0.5, 0.6) is 0 Å². The first kappa shape index (κ1) is 23.7. The maximum atomic E-state index is 13.9. The van der Waals surface area contributed by atoms with E-state index >= 15 is 0 Å². The molecule has 39 heavy (non-hydrogen) atoms. The molecule has 6 rings (SSSR count). The fourth-order valence-corrected chi connectivity index (χ4v) is 4.33. The number of fused-ring (bicyclic) bond motifs is 2. The summed E-state index contributed by atoms with van der Waals surface area (Å²) in [4.78, 5) is 31.8. The first-order valence-electron chi connectivity index (χ1n) is 12.0. The Hall–Kier alpha value is -5.64. The summed E-state index contributed by atoms with van der Waals surface area (Å²) < 4.78 is 9.96. The highest BCUT2D eigenvalue weighted by Crippen LogP contribution is 2.26. The summed E-state index contributed by atoms with van der Waals surface area (Å²) in [5.74, 6) is 6.14. The van der Waals surface area contributed by atoms with E-state index in [1.54, 1.807) is 61.5 Å². The Labute approximate surface area is 220 Å². The fraction of sp³-hybridized carbons (Fsp3) is 0.154. The minimum atomic E-state index is -0.737. The molecule has 0 fully saturated rings. The number of amides is 1. The Morgan fingerprint density at radius 1 is 1.26 bits per heavy atom. The number of anilines is 2. The van der Waals surface area contributed by atoms with Crippen LogP contribution in [0.25, 0.3) is 23.0 Å². The molecule has 5 aromatic rings. The lowest BCUT2D eigenvalue weighted by molar-refractivity contribution is 0.0939. The molecule has 1 aromatic carbocycles. The van der Waals surface area contributed by atoms with Gasteiger partial charge in [0.15, 0.2) is 11.5 Å². The van der Waals surface area contributed by atoms with Crippen molar-refractivity contribution in [3.05, 3.63) is 81.8 Å². The van der Waals surface area contributed by atoms with Gasteiger partial charge in [0.2, 0.25) is 0 Å². The minimum absolute atomic E-state index is 0.00740. The Bertz CT molecular complexity index is 1880. The van der Waals surface area contributed by atoms with Crippen molar-refractivity contribution in [3.8, 4) is 17.5 Å². The first-order chi connectivity index (χ1) is 18.9. The van der Waals surface area contributed by atoms with Crippen LogP contribution in [0.2, 0.25) is 0 Å². The van der Waals surface area contributed by atoms with Crippen molar-refractivity contribution < 1.29 is 9.32 Å². The molecule has 0 saturated heterocycles. The second kappa shape index (κ2) is 9.34. The third-order valence-corrected chi connectivity index (χ3v) is 6.11. The number of hydrogen-bond donors (Lipinski definition) is 3. The van der Waals surface area contributed by atoms with Crippen molar-refractivity contribution in [3.63, 3.8) is 0 Å². The standard InChI is InChI=1S/C26H22N10O3/c1-15(30-24(37)20-21(27)32-35-12-6-11-28-23(20)35)22-31-25-19(26(38)36(22)17-7-4-3-5-8-17)18(33-39-25)10-9-16-13-29-34(2)14-16/h3-8,12-15,28H,11H2,1-2H3,(H2,27,32)(H,30,37). The van der Waals surface area contributed by atoms with Crippen LogP contribution in [0.4, 0.5) is 11.6 Å². The third-order valence-electron chi connectivity index (χ3n) is 6.11. The topological polar surface area (TPSA) is 164 Å². The zero-order valence-electron chi connectivity index (χ0n) is 20.9. The van der Waals surface area contributed by atoms with Gasteiger partial charge in [-0.25, -0.2) is 4.68 Å². The van der Waals surface area contributed by atoms with Gasteiger partial charge in [-0.05, 0) is 31.1 Å². The molecule has 0 bridgehead atoms. The first-order valence-corrected chi connectivity index (χ1v) is 12.0. The van der Waals surface area contributed by atoms with Crippen LogP contribution in [0, 0.1) is 11.8 Å². The van der Waals surface area contributed by atoms with E-state index < -0.39 is 17.5 Å². The smallest absolute Gasteiger partial charge is 0.272 e. The van der Waals surface area contributed by atoms with Gasteiger partial charge in [0.1, 0.15) is 22.6 Å². The molecule has 1 amide bonds. The summed E-state index contributed by atoms with van der Waals surface area (Å²) in [6.45, 7) is 2.24. The monoisotopic (exact) mass is 522 g/mol. The molecule has 1 unspecified atom stereocenters. The summed E-state index contributed by atoms with van der Waals surface area (Å²) >= 11 is 0. The number of carbonyl (C=O) groups is 1. The molecule has 0 spiro atoms. The molecule has 13 nitrogen and oxygen atoms in total. The summed E-state index contributed by atoms with van der Waals surface area (Å²) in [6, 6.07) is 8.24. The largest absolute Gasteiger partial charge is 0.381 e. The zero-order valence-corrected chi connectivity index (χ0v) is 20.9. The highest BCUT2D eigenvalue weighted by atomic mass is 16.5. The van der Waals surface area contributed by atoms with Crippen molar-refractivity contribution in [2.24, 2.45) is 7.05 Å². The predicted octanol–water partition coefficient (Wildman–Crippen LogP) is 1.67.